The summed E-state index contributed by atoms with van der Waals surface area (Å²) in [6, 6.07) is 5.19. The van der Waals surface area contributed by atoms with Crippen LogP contribution >= 0.6 is 0 Å². The minimum atomic E-state index is -0.432. The van der Waals surface area contributed by atoms with Crippen LogP contribution in [0.3, 0.4) is 0 Å². The van der Waals surface area contributed by atoms with Crippen LogP contribution in [0.1, 0.15) is 25.7 Å². The first-order chi connectivity index (χ1) is 10.1. The van der Waals surface area contributed by atoms with E-state index < -0.39 is 4.92 Å². The molecule has 2 aromatic rings. The maximum absolute atomic E-state index is 10.7. The number of rotatable bonds is 3. The number of anilines is 1. The molecule has 0 saturated heterocycles. The predicted octanol–water partition coefficient (Wildman–Crippen LogP) is 2.22. The quantitative estimate of drug-likeness (QED) is 0.662. The molecule has 21 heavy (non-hydrogen) atoms. The molecule has 3 N–H and O–H groups in total. The van der Waals surface area contributed by atoms with E-state index in [1.165, 1.54) is 12.1 Å². The maximum atomic E-state index is 10.7. The molecule has 3 rings (SSSR count). The Hall–Kier alpha value is -2.28. The zero-order valence-electron chi connectivity index (χ0n) is 11.5. The summed E-state index contributed by atoms with van der Waals surface area (Å²) in [6.45, 7) is 0. The first-order valence-corrected chi connectivity index (χ1v) is 7.05. The molecule has 7 nitrogen and oxygen atoms in total. The number of hydrogen-bond donors (Lipinski definition) is 2. The van der Waals surface area contributed by atoms with Crippen LogP contribution in [0.5, 0.6) is 0 Å². The Morgan fingerprint density at radius 2 is 2.00 bits per heavy atom. The van der Waals surface area contributed by atoms with Crippen molar-refractivity contribution >= 4 is 22.5 Å². The molecular formula is C14H17N5O2. The molecule has 110 valence electrons. The third-order valence-electron chi connectivity index (χ3n) is 3.86. The van der Waals surface area contributed by atoms with Crippen molar-refractivity contribution in [3.8, 4) is 0 Å². The molecule has 1 aliphatic rings. The lowest BCUT2D eigenvalue weighted by atomic mass is 9.92. The monoisotopic (exact) mass is 287 g/mol. The van der Waals surface area contributed by atoms with E-state index in [0.717, 1.165) is 25.7 Å². The summed E-state index contributed by atoms with van der Waals surface area (Å²) in [5.74, 6) is 0.705. The zero-order valence-corrected chi connectivity index (χ0v) is 11.5. The molecule has 1 heterocycles. The highest BCUT2D eigenvalue weighted by Crippen LogP contribution is 2.22. The van der Waals surface area contributed by atoms with E-state index in [4.69, 9.17) is 5.73 Å². The van der Waals surface area contributed by atoms with Crippen molar-refractivity contribution in [1.29, 1.82) is 0 Å². The molecule has 1 aromatic heterocycles. The molecular weight excluding hydrogens is 270 g/mol. The summed E-state index contributed by atoms with van der Waals surface area (Å²) in [4.78, 5) is 19.0. The first-order valence-electron chi connectivity index (χ1n) is 7.05. The van der Waals surface area contributed by atoms with Gasteiger partial charge in [0, 0.05) is 24.2 Å². The van der Waals surface area contributed by atoms with Crippen LogP contribution in [0.25, 0.3) is 11.0 Å². The lowest BCUT2D eigenvalue weighted by molar-refractivity contribution is -0.384. The highest BCUT2D eigenvalue weighted by Gasteiger charge is 2.18. The van der Waals surface area contributed by atoms with Gasteiger partial charge in [-0.1, -0.05) is 0 Å². The lowest BCUT2D eigenvalue weighted by Crippen LogP contribution is -2.33. The van der Waals surface area contributed by atoms with Gasteiger partial charge < -0.3 is 11.1 Å². The molecule has 1 fully saturated rings. The molecule has 0 bridgehead atoms. The van der Waals surface area contributed by atoms with Gasteiger partial charge in [0.05, 0.1) is 22.2 Å². The number of nitro groups is 1. The van der Waals surface area contributed by atoms with Gasteiger partial charge in [0.25, 0.3) is 5.69 Å². The number of nitrogens with one attached hydrogen (secondary N) is 1. The number of nitrogens with two attached hydrogens (primary N) is 1. The highest BCUT2D eigenvalue weighted by atomic mass is 16.6. The molecule has 0 spiro atoms. The molecule has 7 heteroatoms. The third-order valence-corrected chi connectivity index (χ3v) is 3.86. The van der Waals surface area contributed by atoms with E-state index >= 15 is 0 Å². The van der Waals surface area contributed by atoms with E-state index in [2.05, 4.69) is 15.3 Å². The van der Waals surface area contributed by atoms with Gasteiger partial charge in [-0.25, -0.2) is 4.98 Å². The van der Waals surface area contributed by atoms with Crippen LogP contribution in [-0.2, 0) is 0 Å². The van der Waals surface area contributed by atoms with Gasteiger partial charge in [0.2, 0.25) is 0 Å². The van der Waals surface area contributed by atoms with E-state index in [-0.39, 0.29) is 5.69 Å². The smallest absolute Gasteiger partial charge is 0.271 e. The second-order valence-electron chi connectivity index (χ2n) is 5.44. The SMILES string of the molecule is NC1CCC(Nc2cnc3cc([N+](=O)[O-])ccc3n2)CC1. The van der Waals surface area contributed by atoms with Crippen LogP contribution in [0, 0.1) is 10.1 Å². The average Bonchev–Trinajstić information content (AvgIpc) is 2.49. The third kappa shape index (κ3) is 3.08. The Morgan fingerprint density at radius 3 is 2.71 bits per heavy atom. The molecule has 0 aliphatic heterocycles. The van der Waals surface area contributed by atoms with Crippen molar-refractivity contribution in [2.45, 2.75) is 37.8 Å². The number of benzene rings is 1. The van der Waals surface area contributed by atoms with Crippen LogP contribution in [-0.4, -0.2) is 27.0 Å². The highest BCUT2D eigenvalue weighted by molar-refractivity contribution is 5.78. The van der Waals surface area contributed by atoms with Gasteiger partial charge in [0.1, 0.15) is 5.82 Å². The molecule has 1 saturated carbocycles. The molecule has 1 aliphatic carbocycles. The standard InChI is InChI=1S/C14H17N5O2/c15-9-1-3-10(4-2-9)17-14-8-16-13-7-11(19(20)21)5-6-12(13)18-14/h5-10H,1-4,15H2,(H,17,18). The largest absolute Gasteiger partial charge is 0.366 e. The number of nitro benzene ring substituents is 1. The fourth-order valence-corrected chi connectivity index (χ4v) is 2.65. The second-order valence-corrected chi connectivity index (χ2v) is 5.44. The minimum absolute atomic E-state index is 0.0266. The average molecular weight is 287 g/mol. The Bertz CT molecular complexity index is 667. The zero-order chi connectivity index (χ0) is 14.8. The molecule has 0 amide bonds. The Kier molecular flexibility index (Phi) is 3.66. The summed E-state index contributed by atoms with van der Waals surface area (Å²) < 4.78 is 0. The van der Waals surface area contributed by atoms with Crippen molar-refractivity contribution in [3.05, 3.63) is 34.5 Å². The van der Waals surface area contributed by atoms with Crippen molar-refractivity contribution in [1.82, 2.24) is 9.97 Å². The van der Waals surface area contributed by atoms with Crippen molar-refractivity contribution in [2.75, 3.05) is 5.32 Å². The van der Waals surface area contributed by atoms with E-state index in [1.807, 2.05) is 0 Å². The summed E-state index contributed by atoms with van der Waals surface area (Å²) in [5.41, 5.74) is 7.10. The molecule has 0 atom stereocenters. The van der Waals surface area contributed by atoms with E-state index in [0.29, 0.717) is 28.9 Å². The molecule has 0 unspecified atom stereocenters. The summed E-state index contributed by atoms with van der Waals surface area (Å²) in [5, 5.41) is 14.1. The fraction of sp³-hybridized carbons (Fsp3) is 0.429. The summed E-state index contributed by atoms with van der Waals surface area (Å²) in [6.07, 6.45) is 5.72. The first kappa shape index (κ1) is 13.7. The van der Waals surface area contributed by atoms with Crippen molar-refractivity contribution in [3.63, 3.8) is 0 Å². The fourth-order valence-electron chi connectivity index (χ4n) is 2.65. The van der Waals surface area contributed by atoms with Crippen molar-refractivity contribution < 1.29 is 4.92 Å². The number of aromatic nitrogens is 2. The second kappa shape index (κ2) is 5.61. The van der Waals surface area contributed by atoms with Gasteiger partial charge in [-0.15, -0.1) is 0 Å². The topological polar surface area (TPSA) is 107 Å². The van der Waals surface area contributed by atoms with Gasteiger partial charge in [-0.2, -0.15) is 0 Å². The van der Waals surface area contributed by atoms with Crippen LogP contribution in [0.4, 0.5) is 11.5 Å². The molecule has 0 radical (unpaired) electrons. The summed E-state index contributed by atoms with van der Waals surface area (Å²) in [7, 11) is 0. The number of nitrogens with zero attached hydrogens (tertiary/aromatic N) is 3. The van der Waals surface area contributed by atoms with Gasteiger partial charge in [0.15, 0.2) is 0 Å². The maximum Gasteiger partial charge on any atom is 0.271 e. The predicted molar refractivity (Wildman–Crippen MR) is 80.0 cm³/mol. The lowest BCUT2D eigenvalue weighted by Gasteiger charge is -2.27. The van der Waals surface area contributed by atoms with Crippen LogP contribution in [0.2, 0.25) is 0 Å². The van der Waals surface area contributed by atoms with Gasteiger partial charge in [-0.3, -0.25) is 15.1 Å². The minimum Gasteiger partial charge on any atom is -0.366 e. The van der Waals surface area contributed by atoms with E-state index in [1.54, 1.807) is 12.3 Å². The number of non-ortho nitro benzene ring substituents is 1. The number of hydrogen-bond acceptors (Lipinski definition) is 6. The van der Waals surface area contributed by atoms with Gasteiger partial charge >= 0.3 is 0 Å². The Morgan fingerprint density at radius 1 is 1.24 bits per heavy atom. The summed E-state index contributed by atoms with van der Waals surface area (Å²) >= 11 is 0. The van der Waals surface area contributed by atoms with Crippen molar-refractivity contribution in [2.24, 2.45) is 5.73 Å². The van der Waals surface area contributed by atoms with Gasteiger partial charge in [-0.05, 0) is 31.7 Å². The molecule has 1 aromatic carbocycles. The Labute approximate surface area is 121 Å². The van der Waals surface area contributed by atoms with Crippen LogP contribution < -0.4 is 11.1 Å². The number of fused-ring (bicyclic) bond motifs is 1. The van der Waals surface area contributed by atoms with Crippen LogP contribution in [0.15, 0.2) is 24.4 Å². The normalized spacial score (nSPS) is 22.1. The Balaban J connectivity index is 1.78. The van der Waals surface area contributed by atoms with E-state index in [9.17, 15) is 10.1 Å².